The van der Waals surface area contributed by atoms with E-state index in [9.17, 15) is 9.59 Å². The van der Waals surface area contributed by atoms with E-state index in [1.165, 1.54) is 17.9 Å². The number of ether oxygens (including phenoxy) is 1. The maximum absolute atomic E-state index is 13.0. The minimum absolute atomic E-state index is 0.164. The van der Waals surface area contributed by atoms with Crippen molar-refractivity contribution in [3.63, 3.8) is 0 Å². The smallest absolute Gasteiger partial charge is 0.278 e. The highest BCUT2D eigenvalue weighted by Gasteiger charge is 2.26. The summed E-state index contributed by atoms with van der Waals surface area (Å²) in [5.74, 6) is -0.000234. The largest absolute Gasteiger partial charge is 0.494 e. The molecule has 1 aliphatic rings. The maximum Gasteiger partial charge on any atom is 0.278 e. The molecule has 138 valence electrons. The van der Waals surface area contributed by atoms with Crippen molar-refractivity contribution in [1.29, 1.82) is 0 Å². The predicted molar refractivity (Wildman–Crippen MR) is 99.1 cm³/mol. The summed E-state index contributed by atoms with van der Waals surface area (Å²) in [7, 11) is 1.44. The molecule has 1 saturated heterocycles. The molecule has 1 aromatic carbocycles. The van der Waals surface area contributed by atoms with Gasteiger partial charge in [-0.15, -0.1) is 0 Å². The summed E-state index contributed by atoms with van der Waals surface area (Å²) in [5.41, 5.74) is 1.53. The Morgan fingerprint density at radius 2 is 1.81 bits per heavy atom. The number of rotatable bonds is 4. The van der Waals surface area contributed by atoms with E-state index >= 15 is 0 Å². The van der Waals surface area contributed by atoms with Crippen LogP contribution in [0.15, 0.2) is 35.1 Å². The summed E-state index contributed by atoms with van der Waals surface area (Å²) in [6.07, 6.45) is 0. The van der Waals surface area contributed by atoms with Gasteiger partial charge in [0.1, 0.15) is 0 Å². The third kappa shape index (κ3) is 3.62. The van der Waals surface area contributed by atoms with Gasteiger partial charge < -0.3 is 14.5 Å². The van der Waals surface area contributed by atoms with Gasteiger partial charge in [-0.3, -0.25) is 9.59 Å². The van der Waals surface area contributed by atoms with Crippen LogP contribution in [0.4, 0.5) is 0 Å². The highest BCUT2D eigenvalue weighted by atomic mass is 16.5. The number of carbonyl (C=O) groups excluding carboxylic acids is 1. The van der Waals surface area contributed by atoms with Crippen LogP contribution in [0, 0.1) is 6.92 Å². The lowest BCUT2D eigenvalue weighted by Crippen LogP contribution is -2.49. The lowest BCUT2D eigenvalue weighted by Gasteiger charge is -2.34. The molecular weight excluding hydrogens is 332 g/mol. The van der Waals surface area contributed by atoms with Gasteiger partial charge >= 0.3 is 0 Å². The van der Waals surface area contributed by atoms with E-state index in [0.717, 1.165) is 25.2 Å². The molecule has 0 radical (unpaired) electrons. The molecule has 2 heterocycles. The molecule has 3 rings (SSSR count). The van der Waals surface area contributed by atoms with Gasteiger partial charge in [0.05, 0.1) is 18.9 Å². The Hall–Kier alpha value is -2.67. The quantitative estimate of drug-likeness (QED) is 0.827. The zero-order chi connectivity index (χ0) is 18.7. The van der Waals surface area contributed by atoms with E-state index in [1.807, 2.05) is 31.2 Å². The van der Waals surface area contributed by atoms with Gasteiger partial charge in [0.15, 0.2) is 11.4 Å². The number of aromatic nitrogens is 2. The van der Waals surface area contributed by atoms with E-state index < -0.39 is 0 Å². The van der Waals surface area contributed by atoms with Crippen LogP contribution in [-0.2, 0) is 0 Å². The number of likely N-dealkylation sites (N-methyl/N-ethyl adjacent to an activating group) is 1. The molecule has 7 heteroatoms. The van der Waals surface area contributed by atoms with E-state index in [1.54, 1.807) is 4.90 Å². The first-order chi connectivity index (χ1) is 12.5. The Bertz CT molecular complexity index is 837. The lowest BCUT2D eigenvalue weighted by molar-refractivity contribution is 0.0631. The van der Waals surface area contributed by atoms with Crippen LogP contribution in [0.5, 0.6) is 5.75 Å². The molecule has 0 saturated carbocycles. The summed E-state index contributed by atoms with van der Waals surface area (Å²) in [5, 5.41) is 4.33. The molecule has 0 atom stereocenters. The van der Waals surface area contributed by atoms with Gasteiger partial charge in [-0.25, -0.2) is 0 Å². The first-order valence-corrected chi connectivity index (χ1v) is 8.80. The van der Waals surface area contributed by atoms with Gasteiger partial charge in [-0.05, 0) is 25.6 Å². The van der Waals surface area contributed by atoms with Gasteiger partial charge in [0.25, 0.3) is 11.5 Å². The molecule has 2 aromatic rings. The topological polar surface area (TPSA) is 67.7 Å². The number of nitrogens with zero attached hydrogens (tertiary/aromatic N) is 4. The zero-order valence-corrected chi connectivity index (χ0v) is 15.4. The second-order valence-electron chi connectivity index (χ2n) is 6.37. The van der Waals surface area contributed by atoms with Crippen molar-refractivity contribution in [2.24, 2.45) is 0 Å². The summed E-state index contributed by atoms with van der Waals surface area (Å²) < 4.78 is 6.50. The highest BCUT2D eigenvalue weighted by molar-refractivity contribution is 5.94. The highest BCUT2D eigenvalue weighted by Crippen LogP contribution is 2.18. The van der Waals surface area contributed by atoms with Crippen molar-refractivity contribution in [2.45, 2.75) is 13.8 Å². The van der Waals surface area contributed by atoms with Crippen molar-refractivity contribution in [2.75, 3.05) is 39.8 Å². The first-order valence-electron chi connectivity index (χ1n) is 8.80. The Morgan fingerprint density at radius 1 is 1.15 bits per heavy atom. The molecule has 1 aromatic heterocycles. The van der Waals surface area contributed by atoms with Gasteiger partial charge in [0.2, 0.25) is 0 Å². The minimum atomic E-state index is -0.335. The van der Waals surface area contributed by atoms with Crippen molar-refractivity contribution in [1.82, 2.24) is 19.6 Å². The number of benzene rings is 1. The average molecular weight is 356 g/mol. The Kier molecular flexibility index (Phi) is 5.37. The lowest BCUT2D eigenvalue weighted by atomic mass is 10.2. The summed E-state index contributed by atoms with van der Waals surface area (Å²) >= 11 is 0. The fourth-order valence-electron chi connectivity index (χ4n) is 3.03. The number of aryl methyl sites for hydroxylation is 1. The fourth-order valence-corrected chi connectivity index (χ4v) is 3.03. The minimum Gasteiger partial charge on any atom is -0.494 e. The van der Waals surface area contributed by atoms with E-state index in [4.69, 9.17) is 4.74 Å². The molecule has 0 spiro atoms. The number of hydrogen-bond donors (Lipinski definition) is 0. The number of hydrogen-bond acceptors (Lipinski definition) is 5. The van der Waals surface area contributed by atoms with Gasteiger partial charge in [-0.2, -0.15) is 9.78 Å². The van der Waals surface area contributed by atoms with E-state index in [2.05, 4.69) is 16.9 Å². The Balaban J connectivity index is 1.95. The standard InChI is InChI=1S/C19H24N4O3/c1-4-21-9-11-22(12-10-21)19(25)18-16(26-3)13-17(24)23(20-18)15-7-5-14(2)6-8-15/h5-8,13H,4,9-12H2,1-3H3. The first kappa shape index (κ1) is 18.1. The van der Waals surface area contributed by atoms with Crippen molar-refractivity contribution in [3.8, 4) is 11.4 Å². The molecule has 0 bridgehead atoms. The van der Waals surface area contributed by atoms with Crippen LogP contribution >= 0.6 is 0 Å². The molecule has 0 aliphatic carbocycles. The molecule has 0 N–H and O–H groups in total. The van der Waals surface area contributed by atoms with Crippen LogP contribution in [0.3, 0.4) is 0 Å². The molecule has 0 unspecified atom stereocenters. The normalized spacial score (nSPS) is 15.1. The summed E-state index contributed by atoms with van der Waals surface area (Å²) in [6.45, 7) is 8.01. The zero-order valence-electron chi connectivity index (χ0n) is 15.4. The molecule has 1 fully saturated rings. The van der Waals surface area contributed by atoms with Crippen LogP contribution < -0.4 is 10.3 Å². The Labute approximate surface area is 152 Å². The number of amides is 1. The maximum atomic E-state index is 13.0. The third-order valence-electron chi connectivity index (χ3n) is 4.70. The van der Waals surface area contributed by atoms with Crippen molar-refractivity contribution >= 4 is 5.91 Å². The average Bonchev–Trinajstić information content (AvgIpc) is 2.68. The van der Waals surface area contributed by atoms with Crippen LogP contribution in [0.1, 0.15) is 23.0 Å². The van der Waals surface area contributed by atoms with Gasteiger partial charge in [0, 0.05) is 26.2 Å². The number of carbonyl (C=O) groups is 1. The monoisotopic (exact) mass is 356 g/mol. The van der Waals surface area contributed by atoms with Gasteiger partial charge in [-0.1, -0.05) is 24.6 Å². The second-order valence-corrected chi connectivity index (χ2v) is 6.37. The van der Waals surface area contributed by atoms with Crippen molar-refractivity contribution < 1.29 is 9.53 Å². The third-order valence-corrected chi connectivity index (χ3v) is 4.70. The number of piperazine rings is 1. The van der Waals surface area contributed by atoms with Crippen molar-refractivity contribution in [3.05, 3.63) is 51.9 Å². The Morgan fingerprint density at radius 3 is 2.38 bits per heavy atom. The number of methoxy groups -OCH3 is 1. The second kappa shape index (κ2) is 7.70. The van der Waals surface area contributed by atoms with Crippen LogP contribution in [0.2, 0.25) is 0 Å². The van der Waals surface area contributed by atoms with E-state index in [0.29, 0.717) is 18.8 Å². The molecule has 1 aliphatic heterocycles. The molecular formula is C19H24N4O3. The van der Waals surface area contributed by atoms with Crippen LogP contribution in [0.25, 0.3) is 5.69 Å². The predicted octanol–water partition coefficient (Wildman–Crippen LogP) is 1.33. The molecule has 26 heavy (non-hydrogen) atoms. The summed E-state index contributed by atoms with van der Waals surface area (Å²) in [6, 6.07) is 8.75. The molecule has 1 amide bonds. The SMILES string of the molecule is CCN1CCN(C(=O)c2nn(-c3ccc(C)cc3)c(=O)cc2OC)CC1. The molecule has 7 nitrogen and oxygen atoms in total. The fraction of sp³-hybridized carbons (Fsp3) is 0.421. The van der Waals surface area contributed by atoms with E-state index in [-0.39, 0.29) is 22.9 Å². The summed E-state index contributed by atoms with van der Waals surface area (Å²) in [4.78, 5) is 29.4. The van der Waals surface area contributed by atoms with Crippen LogP contribution in [-0.4, -0.2) is 65.3 Å².